The van der Waals surface area contributed by atoms with Crippen molar-refractivity contribution in [1.82, 2.24) is 14.8 Å². The predicted molar refractivity (Wildman–Crippen MR) is 113 cm³/mol. The molecule has 0 radical (unpaired) electrons. The summed E-state index contributed by atoms with van der Waals surface area (Å²) >= 11 is 0. The fourth-order valence-electron chi connectivity index (χ4n) is 4.73. The third-order valence-electron chi connectivity index (χ3n) is 6.44. The molecular formula is C23H31N3O2. The zero-order valence-corrected chi connectivity index (χ0v) is 16.9. The molecule has 5 nitrogen and oxygen atoms in total. The largest absolute Gasteiger partial charge is 0.340 e. The molecule has 2 fully saturated rings. The number of hydrogen-bond donors (Lipinski definition) is 1. The van der Waals surface area contributed by atoms with Gasteiger partial charge in [0.05, 0.1) is 0 Å². The van der Waals surface area contributed by atoms with E-state index in [0.29, 0.717) is 18.4 Å². The van der Waals surface area contributed by atoms with Crippen LogP contribution in [0.1, 0.15) is 49.7 Å². The second kappa shape index (κ2) is 8.48. The number of aromatic amines is 1. The van der Waals surface area contributed by atoms with Gasteiger partial charge in [0.2, 0.25) is 5.91 Å². The highest BCUT2D eigenvalue weighted by Gasteiger charge is 2.26. The van der Waals surface area contributed by atoms with Crippen molar-refractivity contribution in [2.24, 2.45) is 0 Å². The quantitative estimate of drug-likeness (QED) is 0.885. The van der Waals surface area contributed by atoms with Gasteiger partial charge in [-0.15, -0.1) is 0 Å². The number of benzene rings is 1. The smallest absolute Gasteiger partial charge is 0.251 e. The van der Waals surface area contributed by atoms with Crippen LogP contribution in [0.25, 0.3) is 10.9 Å². The Morgan fingerprint density at radius 1 is 1.07 bits per heavy atom. The molecule has 28 heavy (non-hydrogen) atoms. The average molecular weight is 382 g/mol. The minimum Gasteiger partial charge on any atom is -0.340 e. The van der Waals surface area contributed by atoms with E-state index in [1.54, 1.807) is 0 Å². The number of rotatable bonds is 4. The molecule has 1 aliphatic heterocycles. The van der Waals surface area contributed by atoms with Gasteiger partial charge in [-0.3, -0.25) is 14.5 Å². The third kappa shape index (κ3) is 4.30. The molecule has 1 N–H and O–H groups in total. The van der Waals surface area contributed by atoms with Gasteiger partial charge >= 0.3 is 0 Å². The van der Waals surface area contributed by atoms with Crippen molar-refractivity contribution < 1.29 is 4.79 Å². The van der Waals surface area contributed by atoms with E-state index in [-0.39, 0.29) is 11.5 Å². The number of pyridine rings is 1. The van der Waals surface area contributed by atoms with Crippen molar-refractivity contribution in [1.29, 1.82) is 0 Å². The molecule has 5 heteroatoms. The number of H-pyrrole nitrogens is 1. The van der Waals surface area contributed by atoms with Crippen molar-refractivity contribution in [3.05, 3.63) is 45.7 Å². The van der Waals surface area contributed by atoms with Gasteiger partial charge in [-0.05, 0) is 49.3 Å². The van der Waals surface area contributed by atoms with Crippen LogP contribution in [0.4, 0.5) is 0 Å². The maximum atomic E-state index is 12.7. The minimum absolute atomic E-state index is 0.0759. The third-order valence-corrected chi connectivity index (χ3v) is 6.44. The molecule has 1 saturated heterocycles. The molecule has 150 valence electrons. The summed E-state index contributed by atoms with van der Waals surface area (Å²) in [6, 6.07) is 8.71. The van der Waals surface area contributed by atoms with Gasteiger partial charge in [0.1, 0.15) is 0 Å². The number of nitrogens with zero attached hydrogens (tertiary/aromatic N) is 2. The molecule has 2 heterocycles. The van der Waals surface area contributed by atoms with Gasteiger partial charge in [-0.2, -0.15) is 0 Å². The highest BCUT2D eigenvalue weighted by Crippen LogP contribution is 2.23. The summed E-state index contributed by atoms with van der Waals surface area (Å²) in [6.07, 6.45) is 7.62. The number of carbonyl (C=O) groups excluding carboxylic acids is 1. The molecule has 0 atom stereocenters. The van der Waals surface area contributed by atoms with Crippen LogP contribution in [0.5, 0.6) is 0 Å². The molecule has 1 aliphatic carbocycles. The normalized spacial score (nSPS) is 19.2. The summed E-state index contributed by atoms with van der Waals surface area (Å²) in [5.74, 6) is 0.173. The summed E-state index contributed by atoms with van der Waals surface area (Å²) < 4.78 is 0. The summed E-state index contributed by atoms with van der Waals surface area (Å²) in [6.45, 7) is 5.64. The molecule has 0 spiro atoms. The number of aromatic nitrogens is 1. The van der Waals surface area contributed by atoms with Crippen LogP contribution in [0.3, 0.4) is 0 Å². The second-order valence-electron chi connectivity index (χ2n) is 8.42. The van der Waals surface area contributed by atoms with E-state index in [4.69, 9.17) is 0 Å². The topological polar surface area (TPSA) is 56.4 Å². The van der Waals surface area contributed by atoms with Crippen molar-refractivity contribution in [2.75, 3.05) is 26.2 Å². The number of carbonyl (C=O) groups is 1. The predicted octanol–water partition coefficient (Wildman–Crippen LogP) is 3.25. The van der Waals surface area contributed by atoms with Crippen LogP contribution in [-0.4, -0.2) is 52.9 Å². The number of piperazine rings is 1. The first-order valence-corrected chi connectivity index (χ1v) is 10.7. The zero-order chi connectivity index (χ0) is 19.5. The summed E-state index contributed by atoms with van der Waals surface area (Å²) in [4.78, 5) is 32.6. The molecule has 1 aromatic heterocycles. The average Bonchev–Trinajstić information content (AvgIpc) is 2.73. The van der Waals surface area contributed by atoms with E-state index in [1.165, 1.54) is 32.1 Å². The Bertz CT molecular complexity index is 890. The van der Waals surface area contributed by atoms with E-state index < -0.39 is 0 Å². The van der Waals surface area contributed by atoms with E-state index in [2.05, 4.69) is 9.88 Å². The second-order valence-corrected chi connectivity index (χ2v) is 8.42. The molecule has 1 aromatic carbocycles. The maximum Gasteiger partial charge on any atom is 0.251 e. The van der Waals surface area contributed by atoms with E-state index in [0.717, 1.165) is 48.7 Å². The first-order valence-electron chi connectivity index (χ1n) is 10.7. The van der Waals surface area contributed by atoms with Crippen molar-refractivity contribution in [3.63, 3.8) is 0 Å². The van der Waals surface area contributed by atoms with Gasteiger partial charge in [0.15, 0.2) is 0 Å². The highest BCUT2D eigenvalue weighted by atomic mass is 16.2. The monoisotopic (exact) mass is 381 g/mol. The van der Waals surface area contributed by atoms with E-state index in [9.17, 15) is 9.59 Å². The van der Waals surface area contributed by atoms with Crippen LogP contribution in [0.15, 0.2) is 29.1 Å². The lowest BCUT2D eigenvalue weighted by Crippen LogP contribution is -2.52. The number of aryl methyl sites for hydroxylation is 2. The van der Waals surface area contributed by atoms with Crippen molar-refractivity contribution in [2.45, 2.75) is 57.9 Å². The SMILES string of the molecule is Cc1ccc2cc(CCC(=O)N3CCN(C4CCCCC4)CC3)c(=O)[nH]c2c1. The summed E-state index contributed by atoms with van der Waals surface area (Å²) in [5, 5.41) is 1.02. The van der Waals surface area contributed by atoms with Crippen molar-refractivity contribution in [3.8, 4) is 0 Å². The van der Waals surface area contributed by atoms with Gasteiger partial charge in [0, 0.05) is 49.7 Å². The van der Waals surface area contributed by atoms with Crippen LogP contribution >= 0.6 is 0 Å². The Labute approximate surface area is 166 Å². The Balaban J connectivity index is 1.32. The molecule has 2 aromatic rings. The highest BCUT2D eigenvalue weighted by molar-refractivity contribution is 5.80. The van der Waals surface area contributed by atoms with E-state index in [1.807, 2.05) is 36.1 Å². The van der Waals surface area contributed by atoms with Gasteiger partial charge in [-0.25, -0.2) is 0 Å². The van der Waals surface area contributed by atoms with Crippen molar-refractivity contribution >= 4 is 16.8 Å². The number of fused-ring (bicyclic) bond motifs is 1. The fraction of sp³-hybridized carbons (Fsp3) is 0.565. The van der Waals surface area contributed by atoms with E-state index >= 15 is 0 Å². The summed E-state index contributed by atoms with van der Waals surface area (Å²) in [7, 11) is 0. The molecular weight excluding hydrogens is 350 g/mol. The molecule has 0 unspecified atom stereocenters. The standard InChI is InChI=1S/C23H31N3O2/c1-17-7-8-18-16-19(23(28)24-21(18)15-17)9-10-22(27)26-13-11-25(12-14-26)20-5-3-2-4-6-20/h7-8,15-16,20H,2-6,9-14H2,1H3,(H,24,28). The Morgan fingerprint density at radius 2 is 1.82 bits per heavy atom. The van der Waals surface area contributed by atoms with Crippen LogP contribution in [-0.2, 0) is 11.2 Å². The Hall–Kier alpha value is -2.14. The Kier molecular flexibility index (Phi) is 5.81. The molecule has 1 saturated carbocycles. The molecule has 4 rings (SSSR count). The van der Waals surface area contributed by atoms with Gasteiger partial charge in [-0.1, -0.05) is 31.4 Å². The lowest BCUT2D eigenvalue weighted by molar-refractivity contribution is -0.133. The first kappa shape index (κ1) is 19.2. The molecule has 0 bridgehead atoms. The molecule has 2 aliphatic rings. The van der Waals surface area contributed by atoms with Crippen LogP contribution in [0.2, 0.25) is 0 Å². The molecule has 1 amide bonds. The first-order chi connectivity index (χ1) is 13.6. The van der Waals surface area contributed by atoms with Crippen LogP contribution < -0.4 is 5.56 Å². The number of hydrogen-bond acceptors (Lipinski definition) is 3. The zero-order valence-electron chi connectivity index (χ0n) is 16.9. The van der Waals surface area contributed by atoms with Crippen LogP contribution in [0, 0.1) is 6.92 Å². The number of amides is 1. The lowest BCUT2D eigenvalue weighted by Gasteiger charge is -2.40. The van der Waals surface area contributed by atoms with Gasteiger partial charge in [0.25, 0.3) is 5.56 Å². The minimum atomic E-state index is -0.0759. The fourth-order valence-corrected chi connectivity index (χ4v) is 4.73. The Morgan fingerprint density at radius 3 is 2.57 bits per heavy atom. The summed E-state index contributed by atoms with van der Waals surface area (Å²) in [5.41, 5.74) is 2.61. The maximum absolute atomic E-state index is 12.7. The number of nitrogens with one attached hydrogen (secondary N) is 1. The van der Waals surface area contributed by atoms with Gasteiger partial charge < -0.3 is 9.88 Å². The lowest BCUT2D eigenvalue weighted by atomic mass is 9.94.